The largest absolute Gasteiger partial charge is 0.294 e. The fraction of sp³-hybridized carbons (Fsp3) is 0.615. The van der Waals surface area contributed by atoms with Gasteiger partial charge in [-0.3, -0.25) is 4.79 Å². The number of rotatable bonds is 2. The number of ketones is 1. The highest BCUT2D eigenvalue weighted by atomic mass is 32.1. The standard InChI is InChI=1S/C13H18OS/c1-9-3-5-11(6-4-9)13(14)12-7-10(2)15-8-12/h7-9,11H,3-6H2,1-2H3. The van der Waals surface area contributed by atoms with E-state index in [0.29, 0.717) is 11.7 Å². The second kappa shape index (κ2) is 4.48. The van der Waals surface area contributed by atoms with Crippen LogP contribution in [0.15, 0.2) is 11.4 Å². The van der Waals surface area contributed by atoms with E-state index >= 15 is 0 Å². The van der Waals surface area contributed by atoms with Crippen LogP contribution in [0, 0.1) is 18.8 Å². The maximum absolute atomic E-state index is 12.1. The van der Waals surface area contributed by atoms with Crippen molar-refractivity contribution in [1.82, 2.24) is 0 Å². The Bertz CT molecular complexity index is 345. The summed E-state index contributed by atoms with van der Waals surface area (Å²) >= 11 is 1.68. The molecule has 0 spiro atoms. The maximum atomic E-state index is 12.1. The third-order valence-electron chi connectivity index (χ3n) is 3.40. The van der Waals surface area contributed by atoms with Gasteiger partial charge in [0.05, 0.1) is 0 Å². The van der Waals surface area contributed by atoms with Crippen molar-refractivity contribution in [2.45, 2.75) is 39.5 Å². The van der Waals surface area contributed by atoms with Crippen molar-refractivity contribution < 1.29 is 4.79 Å². The minimum absolute atomic E-state index is 0.301. The molecule has 1 fully saturated rings. The van der Waals surface area contributed by atoms with Crippen LogP contribution in [-0.4, -0.2) is 5.78 Å². The van der Waals surface area contributed by atoms with Crippen LogP contribution in [0.25, 0.3) is 0 Å². The number of aryl methyl sites for hydroxylation is 1. The van der Waals surface area contributed by atoms with Gasteiger partial charge in [-0.05, 0) is 31.7 Å². The molecule has 82 valence electrons. The molecule has 0 atom stereocenters. The predicted octanol–water partition coefficient (Wildman–Crippen LogP) is 4.07. The van der Waals surface area contributed by atoms with Crippen molar-refractivity contribution in [3.05, 3.63) is 21.9 Å². The van der Waals surface area contributed by atoms with Crippen molar-refractivity contribution >= 4 is 17.1 Å². The van der Waals surface area contributed by atoms with Gasteiger partial charge in [-0.1, -0.05) is 19.8 Å². The minimum atomic E-state index is 0.301. The van der Waals surface area contributed by atoms with Gasteiger partial charge >= 0.3 is 0 Å². The normalized spacial score (nSPS) is 26.5. The monoisotopic (exact) mass is 222 g/mol. The molecule has 1 heterocycles. The summed E-state index contributed by atoms with van der Waals surface area (Å²) in [7, 11) is 0. The lowest BCUT2D eigenvalue weighted by molar-refractivity contribution is 0.0876. The Morgan fingerprint density at radius 3 is 2.53 bits per heavy atom. The minimum Gasteiger partial charge on any atom is -0.294 e. The maximum Gasteiger partial charge on any atom is 0.166 e. The summed E-state index contributed by atoms with van der Waals surface area (Å²) in [5, 5.41) is 2.01. The first-order chi connectivity index (χ1) is 7.16. The highest BCUT2D eigenvalue weighted by Crippen LogP contribution is 2.31. The van der Waals surface area contributed by atoms with Gasteiger partial charge in [-0.15, -0.1) is 11.3 Å². The summed E-state index contributed by atoms with van der Waals surface area (Å²) in [6, 6.07) is 2.03. The van der Waals surface area contributed by atoms with Crippen LogP contribution in [0.4, 0.5) is 0 Å². The Labute approximate surface area is 95.5 Å². The van der Waals surface area contributed by atoms with Gasteiger partial charge in [0.15, 0.2) is 5.78 Å². The van der Waals surface area contributed by atoms with Crippen molar-refractivity contribution in [3.63, 3.8) is 0 Å². The number of hydrogen-bond donors (Lipinski definition) is 0. The van der Waals surface area contributed by atoms with E-state index in [1.807, 2.05) is 11.4 Å². The van der Waals surface area contributed by atoms with E-state index in [-0.39, 0.29) is 0 Å². The number of carbonyl (C=O) groups is 1. The zero-order valence-corrected chi connectivity index (χ0v) is 10.3. The zero-order chi connectivity index (χ0) is 10.8. The van der Waals surface area contributed by atoms with Gasteiger partial charge in [0, 0.05) is 21.7 Å². The molecule has 1 aliphatic rings. The van der Waals surface area contributed by atoms with Gasteiger partial charge in [-0.2, -0.15) is 0 Å². The molecule has 1 aromatic heterocycles. The predicted molar refractivity (Wildman–Crippen MR) is 64.5 cm³/mol. The molecular weight excluding hydrogens is 204 g/mol. The number of carbonyl (C=O) groups excluding carboxylic acids is 1. The smallest absolute Gasteiger partial charge is 0.166 e. The van der Waals surface area contributed by atoms with E-state index in [1.165, 1.54) is 17.7 Å². The van der Waals surface area contributed by atoms with E-state index in [4.69, 9.17) is 0 Å². The summed E-state index contributed by atoms with van der Waals surface area (Å²) < 4.78 is 0. The van der Waals surface area contributed by atoms with Crippen LogP contribution in [0.2, 0.25) is 0 Å². The fourth-order valence-corrected chi connectivity index (χ4v) is 3.02. The summed E-state index contributed by atoms with van der Waals surface area (Å²) in [6.45, 7) is 4.35. The van der Waals surface area contributed by atoms with Crippen LogP contribution in [0.5, 0.6) is 0 Å². The van der Waals surface area contributed by atoms with E-state index in [2.05, 4.69) is 13.8 Å². The molecular formula is C13H18OS. The summed E-state index contributed by atoms with van der Waals surface area (Å²) in [4.78, 5) is 13.4. The van der Waals surface area contributed by atoms with Crippen LogP contribution in [0.1, 0.15) is 47.8 Å². The fourth-order valence-electron chi connectivity index (χ4n) is 2.33. The molecule has 1 aromatic rings. The second-order valence-corrected chi connectivity index (χ2v) is 5.88. The first-order valence-corrected chi connectivity index (χ1v) is 6.64. The van der Waals surface area contributed by atoms with E-state index in [0.717, 1.165) is 24.3 Å². The van der Waals surface area contributed by atoms with Crippen molar-refractivity contribution in [1.29, 1.82) is 0 Å². The molecule has 0 radical (unpaired) electrons. The summed E-state index contributed by atoms with van der Waals surface area (Å²) in [5.41, 5.74) is 0.942. The zero-order valence-electron chi connectivity index (χ0n) is 9.45. The molecule has 0 aromatic carbocycles. The Morgan fingerprint density at radius 1 is 1.33 bits per heavy atom. The molecule has 0 amide bonds. The van der Waals surface area contributed by atoms with Crippen LogP contribution < -0.4 is 0 Å². The third-order valence-corrected chi connectivity index (χ3v) is 4.26. The summed E-state index contributed by atoms with van der Waals surface area (Å²) in [5.74, 6) is 1.50. The molecule has 0 unspecified atom stereocenters. The average molecular weight is 222 g/mol. The first kappa shape index (κ1) is 10.9. The molecule has 2 rings (SSSR count). The number of thiophene rings is 1. The molecule has 2 heteroatoms. The van der Waals surface area contributed by atoms with Crippen LogP contribution in [-0.2, 0) is 0 Å². The van der Waals surface area contributed by atoms with Gasteiger partial charge < -0.3 is 0 Å². The Hall–Kier alpha value is -0.630. The third kappa shape index (κ3) is 2.49. The van der Waals surface area contributed by atoms with E-state index < -0.39 is 0 Å². The molecule has 0 saturated heterocycles. The Kier molecular flexibility index (Phi) is 3.25. The summed E-state index contributed by atoms with van der Waals surface area (Å²) in [6.07, 6.45) is 4.63. The highest BCUT2D eigenvalue weighted by molar-refractivity contribution is 7.10. The molecule has 1 nitrogen and oxygen atoms in total. The van der Waals surface area contributed by atoms with Gasteiger partial charge in [-0.25, -0.2) is 0 Å². The first-order valence-electron chi connectivity index (χ1n) is 5.76. The molecule has 1 saturated carbocycles. The molecule has 0 bridgehead atoms. The van der Waals surface area contributed by atoms with Gasteiger partial charge in [0.2, 0.25) is 0 Å². The number of hydrogen-bond acceptors (Lipinski definition) is 2. The Balaban J connectivity index is 2.02. The molecule has 0 aliphatic heterocycles. The topological polar surface area (TPSA) is 17.1 Å². The van der Waals surface area contributed by atoms with Crippen molar-refractivity contribution in [3.8, 4) is 0 Å². The van der Waals surface area contributed by atoms with E-state index in [9.17, 15) is 4.79 Å². The van der Waals surface area contributed by atoms with Crippen molar-refractivity contribution in [2.24, 2.45) is 11.8 Å². The second-order valence-electron chi connectivity index (χ2n) is 4.77. The highest BCUT2D eigenvalue weighted by Gasteiger charge is 2.25. The van der Waals surface area contributed by atoms with Crippen molar-refractivity contribution in [2.75, 3.05) is 0 Å². The molecule has 15 heavy (non-hydrogen) atoms. The lowest BCUT2D eigenvalue weighted by atomic mass is 9.80. The van der Waals surface area contributed by atoms with Crippen LogP contribution in [0.3, 0.4) is 0 Å². The number of Topliss-reactive ketones (excluding diaryl/α,β-unsaturated/α-hetero) is 1. The van der Waals surface area contributed by atoms with E-state index in [1.54, 1.807) is 11.3 Å². The SMILES string of the molecule is Cc1cc(C(=O)C2CCC(C)CC2)cs1. The Morgan fingerprint density at radius 2 is 2.00 bits per heavy atom. The van der Waals surface area contributed by atoms with Crippen LogP contribution >= 0.6 is 11.3 Å². The molecule has 1 aliphatic carbocycles. The lowest BCUT2D eigenvalue weighted by Crippen LogP contribution is -2.20. The molecule has 0 N–H and O–H groups in total. The lowest BCUT2D eigenvalue weighted by Gasteiger charge is -2.24. The average Bonchev–Trinajstić information content (AvgIpc) is 2.65. The van der Waals surface area contributed by atoms with Gasteiger partial charge in [0.1, 0.15) is 0 Å². The quantitative estimate of drug-likeness (QED) is 0.689. The van der Waals surface area contributed by atoms with Gasteiger partial charge in [0.25, 0.3) is 0 Å².